The monoisotopic (exact) mass is 2100 g/mol. The van der Waals surface area contributed by atoms with Crippen molar-refractivity contribution >= 4 is 86.2 Å². The van der Waals surface area contributed by atoms with Crippen molar-refractivity contribution in [3.8, 4) is 82.6 Å². The minimum absolute atomic E-state index is 0.0188. The summed E-state index contributed by atoms with van der Waals surface area (Å²) in [6.07, 6.45) is 16.8. The number of likely N-dealkylation sites (N-methyl/N-ethyl adjacent to an activating group) is 5. The molecule has 782 valence electrons. The lowest BCUT2D eigenvalue weighted by molar-refractivity contribution is 0.0589. The zero-order valence-corrected chi connectivity index (χ0v) is 91.6. The maximum absolute atomic E-state index is 13.3. The molecular weight excluding hydrogens is 1970 g/mol. The fourth-order valence-corrected chi connectivity index (χ4v) is 21.0. The van der Waals surface area contributed by atoms with E-state index in [2.05, 4.69) is 151 Å². The normalized spacial score (nSPS) is 13.6. The molecule has 148 heavy (non-hydrogen) atoms. The van der Waals surface area contributed by atoms with E-state index < -0.39 is 0 Å². The molecular formula is C105H134N30O8S5. The van der Waals surface area contributed by atoms with Crippen molar-refractivity contribution in [3.05, 3.63) is 235 Å². The van der Waals surface area contributed by atoms with Crippen LogP contribution in [0.2, 0.25) is 0 Å². The van der Waals surface area contributed by atoms with Crippen LogP contribution in [0.3, 0.4) is 0 Å². The summed E-state index contributed by atoms with van der Waals surface area (Å²) in [6.45, 7) is 49.1. The lowest BCUT2D eigenvalue weighted by Crippen LogP contribution is -2.50. The number of methoxy groups -OCH3 is 3. The van der Waals surface area contributed by atoms with Crippen LogP contribution < -0.4 is 5.32 Å². The summed E-state index contributed by atoms with van der Waals surface area (Å²) in [6, 6.07) is 26.2. The highest BCUT2D eigenvalue weighted by atomic mass is 32.1. The van der Waals surface area contributed by atoms with E-state index in [9.17, 15) is 24.0 Å². The Morgan fingerprint density at radius 3 is 1.11 bits per heavy atom. The average molecular weight is 2100 g/mol. The first-order chi connectivity index (χ1) is 71.9. The molecule has 0 atom stereocenters. The number of nitrogens with one attached hydrogen (secondary N) is 1. The van der Waals surface area contributed by atoms with Crippen molar-refractivity contribution in [1.29, 1.82) is 0 Å². The van der Waals surface area contributed by atoms with E-state index in [1.807, 2.05) is 167 Å². The zero-order chi connectivity index (χ0) is 105. The number of aromatic nitrogens is 20. The number of hydrogen-bond acceptors (Lipinski definition) is 33. The summed E-state index contributed by atoms with van der Waals surface area (Å²) in [7, 11) is 4.82. The Balaban J connectivity index is 0.000000146. The molecule has 0 spiro atoms. The van der Waals surface area contributed by atoms with E-state index in [4.69, 9.17) is 24.2 Å². The third-order valence-electron chi connectivity index (χ3n) is 26.0. The average Bonchev–Trinajstić information content (AvgIpc) is 1.64. The molecule has 0 bridgehead atoms. The highest BCUT2D eigenvalue weighted by Gasteiger charge is 2.34. The third kappa shape index (κ3) is 27.4. The Bertz CT molecular complexity index is 6730. The van der Waals surface area contributed by atoms with E-state index >= 15 is 0 Å². The first kappa shape index (κ1) is 111. The predicted molar refractivity (Wildman–Crippen MR) is 581 cm³/mol. The van der Waals surface area contributed by atoms with Crippen LogP contribution in [0.15, 0.2) is 168 Å². The molecule has 18 rings (SSSR count). The Kier molecular flexibility index (Phi) is 40.6. The number of ether oxygens (including phenoxy) is 3. The number of carbonyl (C=O) groups excluding carboxylic acids is 5. The number of aryl methyl sites for hydroxylation is 2. The molecule has 0 saturated carbocycles. The second-order valence-corrected chi connectivity index (χ2v) is 40.4. The van der Waals surface area contributed by atoms with Crippen LogP contribution in [0.4, 0.5) is 0 Å². The van der Waals surface area contributed by atoms with E-state index in [1.165, 1.54) is 0 Å². The van der Waals surface area contributed by atoms with Crippen molar-refractivity contribution in [1.82, 2.24) is 148 Å². The van der Waals surface area contributed by atoms with Gasteiger partial charge in [-0.05, 0) is 173 Å². The van der Waals surface area contributed by atoms with Crippen molar-refractivity contribution < 1.29 is 38.2 Å². The van der Waals surface area contributed by atoms with Crippen LogP contribution in [0.1, 0.15) is 173 Å². The summed E-state index contributed by atoms with van der Waals surface area (Å²) < 4.78 is 24.4. The molecule has 3 aliphatic rings. The quantitative estimate of drug-likeness (QED) is 0.0381. The molecule has 0 unspecified atom stereocenters. The smallest absolute Gasteiger partial charge is 0.257 e. The van der Waals surface area contributed by atoms with Gasteiger partial charge < -0.3 is 58.7 Å². The van der Waals surface area contributed by atoms with E-state index in [0.717, 1.165) is 180 Å². The number of rotatable bonds is 36. The molecule has 3 saturated heterocycles. The third-order valence-corrected chi connectivity index (χ3v) is 30.4. The molecule has 1 N–H and O–H groups in total. The summed E-state index contributed by atoms with van der Waals surface area (Å²) in [4.78, 5) is 136. The van der Waals surface area contributed by atoms with Crippen LogP contribution in [0.5, 0.6) is 0 Å². The SMILES string of the molecule is CCN(CC)CCN(CC)C(=O)c1cnn(-c2nccc(-c3cccs3)n2)c1COC.CCN(CC)CCNC(=O)c1cnn(-c2nccc(-c3cccs3)n2)c1C(C)C.CCN1CCN(C(=O)c2cnn(-c3ncc(C)c(-c4cccs4)n3)c2COC)CC1.CCN1CCN(C(=O)c2cnn(-c3nccc(-c4cccs4)n3)c2C)CC1.COCc1c(C(=O)N2CCN(C(C)C)CC2)cnn1-c1ncc(C)c(-c2cccs2)n1. The maximum Gasteiger partial charge on any atom is 0.257 e. The highest BCUT2D eigenvalue weighted by Crippen LogP contribution is 2.33. The topological polar surface area (TPSA) is 372 Å². The fraction of sp³-hybridized carbons (Fsp3) is 0.429. The minimum Gasteiger partial charge on any atom is -0.378 e. The van der Waals surface area contributed by atoms with Crippen LogP contribution in [-0.2, 0) is 34.0 Å². The molecule has 0 radical (unpaired) electrons. The van der Waals surface area contributed by atoms with E-state index in [-0.39, 0.29) is 55.3 Å². The maximum atomic E-state index is 13.3. The molecule has 18 heterocycles. The highest BCUT2D eigenvalue weighted by molar-refractivity contribution is 7.14. The largest absolute Gasteiger partial charge is 0.378 e. The standard InChI is InChI=1S/C22H28N6O2S.C22H30N6O2S.C21H26N6O2S.C21H28N6OS.C19H22N6OS/c1-15(2)26-7-9-27(10-8-26)21(29)17-13-24-28(18(17)14-30-4)22-23-12-16(3)20(25-22)19-6-5-11-31-19;1-5-26(6-2)12-13-27(7-3)21(29)17-15-24-28(19(17)16-30-4)22-23-11-10-18(25-22)20-9-8-14-31-20;1-4-25-7-9-26(10-8-25)20(28)16-13-23-27(17(16)14-29-3)21-22-12-15(2)19(24-21)18-6-5-11-30-18;1-5-26(6-2)12-11-22-20(28)16-14-24-27(19(16)15(3)4)21-23-10-9-17(25-21)18-8-7-13-29-18;1-3-23-8-10-24(11-9-23)18(26)15-13-21-25(14(15)2)19-20-7-6-16(22-19)17-5-4-12-27-17/h5-6,11-13,15H,7-10,14H2,1-4H3;8-11,14-15H,5-7,12-13,16H2,1-4H3;5-6,11-13H,4,7-10,14H2,1-3H3;7-10,13-15H,5-6,11-12H2,1-4H3,(H,22,28);4-7,12-13H,3,8-11H2,1-2H3. The molecule has 15 aromatic rings. The molecule has 5 amide bonds. The summed E-state index contributed by atoms with van der Waals surface area (Å²) in [5, 5.41) is 35.3. The fourth-order valence-electron chi connectivity index (χ4n) is 17.3. The van der Waals surface area contributed by atoms with Gasteiger partial charge in [0.2, 0.25) is 0 Å². The molecule has 38 nitrogen and oxygen atoms in total. The van der Waals surface area contributed by atoms with Gasteiger partial charge in [-0.15, -0.1) is 56.7 Å². The predicted octanol–water partition coefficient (Wildman–Crippen LogP) is 15.0. The van der Waals surface area contributed by atoms with Gasteiger partial charge in [-0.25, -0.2) is 59.2 Å². The van der Waals surface area contributed by atoms with Gasteiger partial charge in [-0.2, -0.15) is 39.5 Å². The van der Waals surface area contributed by atoms with Crippen molar-refractivity contribution in [2.75, 3.05) is 172 Å². The van der Waals surface area contributed by atoms with Gasteiger partial charge in [0.25, 0.3) is 59.3 Å². The van der Waals surface area contributed by atoms with E-state index in [1.54, 1.807) is 163 Å². The Morgan fingerprint density at radius 2 is 0.730 bits per heavy atom. The number of piperazine rings is 3. The number of nitrogens with zero attached hydrogens (tertiary/aromatic N) is 29. The second-order valence-electron chi connectivity index (χ2n) is 35.7. The van der Waals surface area contributed by atoms with Gasteiger partial charge in [-0.3, -0.25) is 28.9 Å². The first-order valence-corrected chi connectivity index (χ1v) is 54.6. The first-order valence-electron chi connectivity index (χ1n) is 50.2. The number of hydrogen-bond donors (Lipinski definition) is 1. The lowest BCUT2D eigenvalue weighted by Gasteiger charge is -2.36. The van der Waals surface area contributed by atoms with Gasteiger partial charge in [0, 0.05) is 170 Å². The molecule has 0 aromatic carbocycles. The number of thiophene rings is 5. The molecule has 15 aromatic heterocycles. The van der Waals surface area contributed by atoms with Crippen LogP contribution >= 0.6 is 56.7 Å². The van der Waals surface area contributed by atoms with Gasteiger partial charge in [0.05, 0.1) is 160 Å². The second kappa shape index (κ2) is 54.3. The molecule has 3 fully saturated rings. The minimum atomic E-state index is -0.110. The molecule has 0 aliphatic carbocycles. The lowest BCUT2D eigenvalue weighted by atomic mass is 10.1. The van der Waals surface area contributed by atoms with Gasteiger partial charge in [0.1, 0.15) is 0 Å². The molecule has 43 heteroatoms. The van der Waals surface area contributed by atoms with Crippen molar-refractivity contribution in [2.45, 2.75) is 129 Å². The van der Waals surface area contributed by atoms with Gasteiger partial charge >= 0.3 is 0 Å². The Hall–Kier alpha value is -13.0. The van der Waals surface area contributed by atoms with Gasteiger partial charge in [-0.1, -0.05) is 85.7 Å². The van der Waals surface area contributed by atoms with E-state index in [0.29, 0.717) is 126 Å². The van der Waals surface area contributed by atoms with Crippen molar-refractivity contribution in [3.63, 3.8) is 0 Å². The summed E-state index contributed by atoms with van der Waals surface area (Å²) >= 11 is 8.13. The Morgan fingerprint density at radius 1 is 0.378 bits per heavy atom. The summed E-state index contributed by atoms with van der Waals surface area (Å²) in [5.41, 5.74) is 12.6. The van der Waals surface area contributed by atoms with Crippen molar-refractivity contribution in [2.24, 2.45) is 0 Å². The summed E-state index contributed by atoms with van der Waals surface area (Å²) in [5.74, 6) is 2.17. The Labute approximate surface area is 884 Å². The van der Waals surface area contributed by atoms with Gasteiger partial charge in [0.15, 0.2) is 0 Å². The van der Waals surface area contributed by atoms with Crippen LogP contribution in [-0.4, -0.2) is 350 Å². The number of carbonyl (C=O) groups is 5. The molecule has 3 aliphatic heterocycles. The number of amides is 5. The van der Waals surface area contributed by atoms with Crippen LogP contribution in [0, 0.1) is 20.8 Å². The zero-order valence-electron chi connectivity index (χ0n) is 87.5. The van der Waals surface area contributed by atoms with Crippen LogP contribution in [0.25, 0.3) is 82.6 Å².